The third-order valence-electron chi connectivity index (χ3n) is 2.92. The van der Waals surface area contributed by atoms with Crippen LogP contribution in [0.2, 0.25) is 0 Å². The number of carbonyl (C=O) groups is 1. The summed E-state index contributed by atoms with van der Waals surface area (Å²) in [7, 11) is 1.84. The lowest BCUT2D eigenvalue weighted by Gasteiger charge is -1.98. The third kappa shape index (κ3) is 1.01. The van der Waals surface area contributed by atoms with Crippen LogP contribution in [0.1, 0.15) is 10.5 Å². The number of carbonyl (C=O) groups excluding carboxylic acids is 1. The van der Waals surface area contributed by atoms with Crippen LogP contribution in [0, 0.1) is 0 Å². The van der Waals surface area contributed by atoms with Crippen LogP contribution in [0.3, 0.4) is 0 Å². The summed E-state index contributed by atoms with van der Waals surface area (Å²) in [5.74, 6) is 0.224. The minimum atomic E-state index is 0.224. The Morgan fingerprint density at radius 2 is 2.12 bits per heavy atom. The zero-order valence-corrected chi connectivity index (χ0v) is 8.69. The number of hydrogen-bond donors (Lipinski definition) is 2. The Bertz CT molecular complexity index is 707. The van der Waals surface area contributed by atoms with Crippen LogP contribution >= 0.6 is 0 Å². The predicted octanol–water partition coefficient (Wildman–Crippen LogP) is 2.18. The van der Waals surface area contributed by atoms with Crippen LogP contribution in [0.5, 0.6) is 5.75 Å². The molecule has 80 valence electrons. The molecule has 0 saturated heterocycles. The quantitative estimate of drug-likeness (QED) is 0.610. The highest BCUT2D eigenvalue weighted by Crippen LogP contribution is 2.29. The summed E-state index contributed by atoms with van der Waals surface area (Å²) >= 11 is 0. The van der Waals surface area contributed by atoms with Gasteiger partial charge < -0.3 is 14.7 Å². The number of phenolic OH excluding ortho intramolecular Hbond substituents is 1. The van der Waals surface area contributed by atoms with Gasteiger partial charge in [-0.15, -0.1) is 0 Å². The molecule has 4 heteroatoms. The van der Waals surface area contributed by atoms with Gasteiger partial charge in [-0.1, -0.05) is 0 Å². The van der Waals surface area contributed by atoms with Crippen molar-refractivity contribution in [3.63, 3.8) is 0 Å². The maximum Gasteiger partial charge on any atom is 0.166 e. The van der Waals surface area contributed by atoms with E-state index >= 15 is 0 Å². The average Bonchev–Trinajstić information content (AvgIpc) is 2.76. The molecule has 0 atom stereocenters. The molecule has 0 spiro atoms. The minimum Gasteiger partial charge on any atom is -0.508 e. The lowest BCUT2D eigenvalue weighted by molar-refractivity contribution is 0.111. The van der Waals surface area contributed by atoms with Crippen molar-refractivity contribution in [1.29, 1.82) is 0 Å². The number of benzene rings is 1. The lowest BCUT2D eigenvalue weighted by atomic mass is 10.2. The van der Waals surface area contributed by atoms with Gasteiger partial charge in [-0.25, -0.2) is 0 Å². The molecule has 0 aliphatic rings. The Morgan fingerprint density at radius 1 is 1.31 bits per heavy atom. The standard InChI is InChI=1S/C12H10N2O2/c1-14-7(6-15)4-11-12(14)9-5-8(16)2-3-10(9)13-11/h2-6,13,16H,1H3. The van der Waals surface area contributed by atoms with E-state index in [2.05, 4.69) is 4.98 Å². The smallest absolute Gasteiger partial charge is 0.166 e. The molecule has 1 aromatic carbocycles. The van der Waals surface area contributed by atoms with Crippen LogP contribution in [-0.4, -0.2) is 20.9 Å². The molecule has 0 aliphatic carbocycles. The van der Waals surface area contributed by atoms with E-state index < -0.39 is 0 Å². The van der Waals surface area contributed by atoms with E-state index in [9.17, 15) is 9.90 Å². The maximum atomic E-state index is 10.8. The van der Waals surface area contributed by atoms with Gasteiger partial charge in [0.15, 0.2) is 6.29 Å². The summed E-state index contributed by atoms with van der Waals surface area (Å²) < 4.78 is 1.82. The first-order chi connectivity index (χ1) is 7.70. The molecule has 0 aliphatic heterocycles. The molecule has 4 nitrogen and oxygen atoms in total. The van der Waals surface area contributed by atoms with Gasteiger partial charge in [0, 0.05) is 18.0 Å². The molecule has 3 aromatic rings. The molecular formula is C12H10N2O2. The predicted molar refractivity (Wildman–Crippen MR) is 61.8 cm³/mol. The molecule has 0 saturated carbocycles. The normalized spacial score (nSPS) is 11.3. The number of aromatic amines is 1. The molecule has 0 unspecified atom stereocenters. The van der Waals surface area contributed by atoms with E-state index in [4.69, 9.17) is 0 Å². The first-order valence-electron chi connectivity index (χ1n) is 4.96. The molecule has 3 rings (SSSR count). The molecule has 2 N–H and O–H groups in total. The average molecular weight is 214 g/mol. The number of fused-ring (bicyclic) bond motifs is 3. The summed E-state index contributed by atoms with van der Waals surface area (Å²) in [6.45, 7) is 0. The highest BCUT2D eigenvalue weighted by Gasteiger charge is 2.11. The SMILES string of the molecule is Cn1c(C=O)cc2[nH]c3ccc(O)cc3c21. The highest BCUT2D eigenvalue weighted by molar-refractivity contribution is 6.07. The van der Waals surface area contributed by atoms with E-state index in [1.54, 1.807) is 18.2 Å². The second-order valence-electron chi connectivity index (χ2n) is 3.86. The molecular weight excluding hydrogens is 204 g/mol. The van der Waals surface area contributed by atoms with Crippen LogP contribution in [-0.2, 0) is 7.05 Å². The Kier molecular flexibility index (Phi) is 1.63. The second-order valence-corrected chi connectivity index (χ2v) is 3.86. The zero-order valence-electron chi connectivity index (χ0n) is 8.69. The topological polar surface area (TPSA) is 58.0 Å². The van der Waals surface area contributed by atoms with Crippen molar-refractivity contribution in [3.8, 4) is 5.75 Å². The molecule has 0 fully saturated rings. The Morgan fingerprint density at radius 3 is 2.88 bits per heavy atom. The number of nitrogens with one attached hydrogen (secondary N) is 1. The third-order valence-corrected chi connectivity index (χ3v) is 2.92. The number of aromatic hydroxyl groups is 1. The van der Waals surface area contributed by atoms with Gasteiger partial charge in [-0.05, 0) is 24.3 Å². The van der Waals surface area contributed by atoms with Crippen molar-refractivity contribution in [2.24, 2.45) is 7.05 Å². The summed E-state index contributed by atoms with van der Waals surface area (Å²) in [6, 6.07) is 6.96. The molecule has 0 bridgehead atoms. The van der Waals surface area contributed by atoms with Gasteiger partial charge in [0.05, 0.1) is 16.7 Å². The number of H-pyrrole nitrogens is 1. The Labute approximate surface area is 91.1 Å². The summed E-state index contributed by atoms with van der Waals surface area (Å²) in [5.41, 5.74) is 3.42. The first-order valence-corrected chi connectivity index (χ1v) is 4.96. The Balaban J connectivity index is 2.53. The van der Waals surface area contributed by atoms with E-state index in [1.165, 1.54) is 0 Å². The van der Waals surface area contributed by atoms with Crippen molar-refractivity contribution in [2.45, 2.75) is 0 Å². The van der Waals surface area contributed by atoms with Crippen molar-refractivity contribution in [1.82, 2.24) is 9.55 Å². The molecule has 0 radical (unpaired) electrons. The summed E-state index contributed by atoms with van der Waals surface area (Å²) in [6.07, 6.45) is 0.822. The van der Waals surface area contributed by atoms with E-state index in [0.29, 0.717) is 5.69 Å². The van der Waals surface area contributed by atoms with E-state index in [0.717, 1.165) is 28.2 Å². The molecule has 0 amide bonds. The van der Waals surface area contributed by atoms with Crippen LogP contribution in [0.25, 0.3) is 21.9 Å². The highest BCUT2D eigenvalue weighted by atomic mass is 16.3. The van der Waals surface area contributed by atoms with Crippen LogP contribution in [0.15, 0.2) is 24.3 Å². The second kappa shape index (κ2) is 2.88. The lowest BCUT2D eigenvalue weighted by Crippen LogP contribution is -1.93. The zero-order chi connectivity index (χ0) is 11.3. The van der Waals surface area contributed by atoms with Gasteiger partial charge in [0.2, 0.25) is 0 Å². The van der Waals surface area contributed by atoms with Gasteiger partial charge in [-0.2, -0.15) is 0 Å². The number of aromatic nitrogens is 2. The minimum absolute atomic E-state index is 0.224. The van der Waals surface area contributed by atoms with E-state index in [-0.39, 0.29) is 5.75 Å². The summed E-state index contributed by atoms with van der Waals surface area (Å²) in [4.78, 5) is 14.0. The fourth-order valence-electron chi connectivity index (χ4n) is 2.14. The van der Waals surface area contributed by atoms with Crippen molar-refractivity contribution in [2.75, 3.05) is 0 Å². The van der Waals surface area contributed by atoms with Crippen molar-refractivity contribution in [3.05, 3.63) is 30.0 Å². The monoisotopic (exact) mass is 214 g/mol. The number of hydrogen-bond acceptors (Lipinski definition) is 2. The van der Waals surface area contributed by atoms with Gasteiger partial charge >= 0.3 is 0 Å². The van der Waals surface area contributed by atoms with Crippen LogP contribution in [0.4, 0.5) is 0 Å². The Hall–Kier alpha value is -2.23. The number of phenols is 1. The number of rotatable bonds is 1. The molecule has 2 heterocycles. The van der Waals surface area contributed by atoms with Crippen molar-refractivity contribution < 1.29 is 9.90 Å². The maximum absolute atomic E-state index is 10.8. The fraction of sp³-hybridized carbons (Fsp3) is 0.0833. The number of aryl methyl sites for hydroxylation is 1. The van der Waals surface area contributed by atoms with E-state index in [1.807, 2.05) is 17.7 Å². The molecule has 16 heavy (non-hydrogen) atoms. The van der Waals surface area contributed by atoms with Gasteiger partial charge in [0.1, 0.15) is 5.75 Å². The summed E-state index contributed by atoms with van der Waals surface area (Å²) in [5, 5.41) is 10.4. The van der Waals surface area contributed by atoms with Crippen molar-refractivity contribution >= 4 is 28.2 Å². The number of nitrogens with zero attached hydrogens (tertiary/aromatic N) is 1. The first kappa shape index (κ1) is 9.03. The number of aldehydes is 1. The largest absolute Gasteiger partial charge is 0.508 e. The van der Waals surface area contributed by atoms with Gasteiger partial charge in [-0.3, -0.25) is 4.79 Å². The fourth-order valence-corrected chi connectivity index (χ4v) is 2.14. The van der Waals surface area contributed by atoms with Gasteiger partial charge in [0.25, 0.3) is 0 Å². The van der Waals surface area contributed by atoms with Crippen LogP contribution < -0.4 is 0 Å². The molecule has 2 aromatic heterocycles.